The highest BCUT2D eigenvalue weighted by Gasteiger charge is 2.19. The number of nitrogens with two attached hydrogens (primary N) is 1. The van der Waals surface area contributed by atoms with Gasteiger partial charge in [0.15, 0.2) is 0 Å². The fourth-order valence-corrected chi connectivity index (χ4v) is 1.63. The minimum absolute atomic E-state index is 0.101. The van der Waals surface area contributed by atoms with Crippen LogP contribution in [0.2, 0.25) is 0 Å². The molecule has 0 aliphatic carbocycles. The molecular formula is C12H18N2O3. The van der Waals surface area contributed by atoms with Crippen LogP contribution in [-0.2, 0) is 4.79 Å². The van der Waals surface area contributed by atoms with E-state index < -0.39 is 12.0 Å². The molecule has 0 heterocycles. The Morgan fingerprint density at radius 3 is 2.82 bits per heavy atom. The Morgan fingerprint density at radius 2 is 2.29 bits per heavy atom. The summed E-state index contributed by atoms with van der Waals surface area (Å²) in [6, 6.07) is 6.52. The van der Waals surface area contributed by atoms with Gasteiger partial charge in [-0.2, -0.15) is 0 Å². The first kappa shape index (κ1) is 13.5. The van der Waals surface area contributed by atoms with E-state index in [0.717, 1.165) is 11.3 Å². The number of benzene rings is 1. The molecule has 4 N–H and O–H groups in total. The fourth-order valence-electron chi connectivity index (χ4n) is 1.63. The topological polar surface area (TPSA) is 84.6 Å². The lowest BCUT2D eigenvalue weighted by Crippen LogP contribution is -2.34. The van der Waals surface area contributed by atoms with E-state index in [-0.39, 0.29) is 6.04 Å². The molecule has 94 valence electrons. The minimum atomic E-state index is -0.992. The summed E-state index contributed by atoms with van der Waals surface area (Å²) in [5, 5.41) is 11.9. The highest BCUT2D eigenvalue weighted by atomic mass is 16.5. The number of rotatable bonds is 6. The summed E-state index contributed by atoms with van der Waals surface area (Å²) in [5.41, 5.74) is 6.49. The number of aliphatic carboxylic acids is 1. The Balaban J connectivity index is 2.82. The minimum Gasteiger partial charge on any atom is -0.497 e. The predicted molar refractivity (Wildman–Crippen MR) is 65.0 cm³/mol. The lowest BCUT2D eigenvalue weighted by molar-refractivity contribution is -0.138. The van der Waals surface area contributed by atoms with Crippen molar-refractivity contribution in [2.45, 2.75) is 18.5 Å². The predicted octanol–water partition coefficient (Wildman–Crippen LogP) is 0.758. The van der Waals surface area contributed by atoms with E-state index in [1.165, 1.54) is 0 Å². The average molecular weight is 238 g/mol. The highest BCUT2D eigenvalue weighted by Crippen LogP contribution is 2.22. The van der Waals surface area contributed by atoms with Crippen molar-refractivity contribution in [2.75, 3.05) is 14.2 Å². The van der Waals surface area contributed by atoms with Gasteiger partial charge >= 0.3 is 5.97 Å². The van der Waals surface area contributed by atoms with Crippen LogP contribution in [0.3, 0.4) is 0 Å². The Bertz CT molecular complexity index is 382. The van der Waals surface area contributed by atoms with Crippen molar-refractivity contribution >= 4 is 5.97 Å². The second kappa shape index (κ2) is 6.22. The van der Waals surface area contributed by atoms with Gasteiger partial charge in [-0.05, 0) is 31.2 Å². The van der Waals surface area contributed by atoms with E-state index in [4.69, 9.17) is 15.6 Å². The molecule has 1 rings (SSSR count). The summed E-state index contributed by atoms with van der Waals surface area (Å²) in [6.07, 6.45) is 0.332. The van der Waals surface area contributed by atoms with Crippen LogP contribution in [-0.4, -0.2) is 31.3 Å². The van der Waals surface area contributed by atoms with Gasteiger partial charge in [-0.1, -0.05) is 12.1 Å². The van der Waals surface area contributed by atoms with Gasteiger partial charge in [0.1, 0.15) is 11.8 Å². The molecule has 2 unspecified atom stereocenters. The first-order valence-corrected chi connectivity index (χ1v) is 5.38. The molecule has 0 amide bonds. The standard InChI is InChI=1S/C12H18N2O3/c1-14-11(7-10(13)12(15)16)8-4-3-5-9(6-8)17-2/h3-6,10-11,14H,7,13H2,1-2H3,(H,15,16). The maximum atomic E-state index is 10.7. The van der Waals surface area contributed by atoms with Gasteiger partial charge in [0.05, 0.1) is 7.11 Å². The normalized spacial score (nSPS) is 14.1. The van der Waals surface area contributed by atoms with Crippen LogP contribution in [0.25, 0.3) is 0 Å². The number of hydrogen-bond acceptors (Lipinski definition) is 4. The van der Waals surface area contributed by atoms with Crippen molar-refractivity contribution in [3.05, 3.63) is 29.8 Å². The maximum absolute atomic E-state index is 10.7. The van der Waals surface area contributed by atoms with Gasteiger partial charge in [0.2, 0.25) is 0 Å². The van der Waals surface area contributed by atoms with Crippen molar-refractivity contribution in [3.63, 3.8) is 0 Å². The zero-order chi connectivity index (χ0) is 12.8. The van der Waals surface area contributed by atoms with E-state index >= 15 is 0 Å². The number of methoxy groups -OCH3 is 1. The number of hydrogen-bond donors (Lipinski definition) is 3. The molecule has 0 radical (unpaired) electrons. The molecule has 0 bridgehead atoms. The smallest absolute Gasteiger partial charge is 0.320 e. The van der Waals surface area contributed by atoms with Crippen molar-refractivity contribution in [1.82, 2.24) is 5.32 Å². The van der Waals surface area contributed by atoms with Crippen molar-refractivity contribution in [1.29, 1.82) is 0 Å². The van der Waals surface area contributed by atoms with Gasteiger partial charge in [-0.25, -0.2) is 0 Å². The van der Waals surface area contributed by atoms with E-state index in [9.17, 15) is 4.79 Å². The van der Waals surface area contributed by atoms with Crippen LogP contribution in [0.15, 0.2) is 24.3 Å². The van der Waals surface area contributed by atoms with E-state index in [2.05, 4.69) is 5.32 Å². The monoisotopic (exact) mass is 238 g/mol. The highest BCUT2D eigenvalue weighted by molar-refractivity contribution is 5.73. The molecule has 1 aromatic rings. The van der Waals surface area contributed by atoms with Gasteiger partial charge in [-0.15, -0.1) is 0 Å². The molecule has 0 aromatic heterocycles. The quantitative estimate of drug-likeness (QED) is 0.681. The SMILES string of the molecule is CNC(CC(N)C(=O)O)c1cccc(OC)c1. The van der Waals surface area contributed by atoms with Crippen LogP contribution in [0, 0.1) is 0 Å². The number of nitrogens with one attached hydrogen (secondary N) is 1. The molecule has 17 heavy (non-hydrogen) atoms. The number of carboxylic acids is 1. The molecule has 0 spiro atoms. The number of carbonyl (C=O) groups is 1. The zero-order valence-corrected chi connectivity index (χ0v) is 10.0. The van der Waals surface area contributed by atoms with Crippen LogP contribution < -0.4 is 15.8 Å². The van der Waals surface area contributed by atoms with Crippen LogP contribution in [0.1, 0.15) is 18.0 Å². The molecular weight excluding hydrogens is 220 g/mol. The van der Waals surface area contributed by atoms with E-state index in [1.54, 1.807) is 14.2 Å². The van der Waals surface area contributed by atoms with Gasteiger partial charge in [-0.3, -0.25) is 4.79 Å². The maximum Gasteiger partial charge on any atom is 0.320 e. The second-order valence-corrected chi connectivity index (χ2v) is 3.80. The Hall–Kier alpha value is -1.59. The third-order valence-corrected chi connectivity index (χ3v) is 2.65. The van der Waals surface area contributed by atoms with Crippen LogP contribution >= 0.6 is 0 Å². The number of carboxylic acid groups (broad SMARTS) is 1. The van der Waals surface area contributed by atoms with Gasteiger partial charge < -0.3 is 20.9 Å². The molecule has 5 nitrogen and oxygen atoms in total. The summed E-state index contributed by atoms with van der Waals surface area (Å²) in [6.45, 7) is 0. The third-order valence-electron chi connectivity index (χ3n) is 2.65. The summed E-state index contributed by atoms with van der Waals surface area (Å²) >= 11 is 0. The van der Waals surface area contributed by atoms with Gasteiger partial charge in [0.25, 0.3) is 0 Å². The van der Waals surface area contributed by atoms with Gasteiger partial charge in [0, 0.05) is 6.04 Å². The molecule has 5 heteroatoms. The Labute approximate surface area is 101 Å². The molecule has 0 aliphatic heterocycles. The lowest BCUT2D eigenvalue weighted by Gasteiger charge is -2.19. The van der Waals surface area contributed by atoms with Crippen LogP contribution in [0.5, 0.6) is 5.75 Å². The molecule has 0 saturated heterocycles. The number of ether oxygens (including phenoxy) is 1. The fraction of sp³-hybridized carbons (Fsp3) is 0.417. The third kappa shape index (κ3) is 3.72. The van der Waals surface area contributed by atoms with Crippen molar-refractivity contribution < 1.29 is 14.6 Å². The molecule has 0 aliphatic rings. The lowest BCUT2D eigenvalue weighted by atomic mass is 9.99. The van der Waals surface area contributed by atoms with E-state index in [0.29, 0.717) is 6.42 Å². The summed E-state index contributed by atoms with van der Waals surface area (Å²) in [5.74, 6) is -0.250. The average Bonchev–Trinajstić information content (AvgIpc) is 2.35. The summed E-state index contributed by atoms with van der Waals surface area (Å²) < 4.78 is 5.13. The van der Waals surface area contributed by atoms with Crippen molar-refractivity contribution in [3.8, 4) is 5.75 Å². The second-order valence-electron chi connectivity index (χ2n) is 3.80. The first-order valence-electron chi connectivity index (χ1n) is 5.38. The Morgan fingerprint density at radius 1 is 1.59 bits per heavy atom. The summed E-state index contributed by atoms with van der Waals surface area (Å²) in [7, 11) is 3.37. The summed E-state index contributed by atoms with van der Waals surface area (Å²) in [4.78, 5) is 10.7. The Kier molecular flexibility index (Phi) is 4.93. The van der Waals surface area contributed by atoms with Crippen LogP contribution in [0.4, 0.5) is 0 Å². The molecule has 1 aromatic carbocycles. The first-order chi connectivity index (χ1) is 8.08. The molecule has 0 fully saturated rings. The van der Waals surface area contributed by atoms with E-state index in [1.807, 2.05) is 24.3 Å². The molecule has 2 atom stereocenters. The molecule has 0 saturated carbocycles. The zero-order valence-electron chi connectivity index (χ0n) is 10.0. The largest absolute Gasteiger partial charge is 0.497 e. The van der Waals surface area contributed by atoms with Crippen molar-refractivity contribution in [2.24, 2.45) is 5.73 Å².